The van der Waals surface area contributed by atoms with Crippen LogP contribution in [0.4, 0.5) is 11.4 Å². The zero-order valence-electron chi connectivity index (χ0n) is 20.0. The quantitative estimate of drug-likeness (QED) is 0.606. The summed E-state index contributed by atoms with van der Waals surface area (Å²) in [6.45, 7) is 6.51. The number of carbonyl (C=O) groups excluding carboxylic acids is 4. The molecule has 1 saturated heterocycles. The summed E-state index contributed by atoms with van der Waals surface area (Å²) < 4.78 is 0. The SMILES string of the molecule is CNC(=O)c1cccc([C@@H]2CN(CC(=O)Nc3ccc(C)c(NC(C)=O)c3)CCN2C(C)=O)c1. The number of hydrogen-bond donors (Lipinski definition) is 3. The molecule has 0 aromatic heterocycles. The lowest BCUT2D eigenvalue weighted by Gasteiger charge is -2.41. The van der Waals surface area contributed by atoms with Crippen molar-refractivity contribution in [2.24, 2.45) is 0 Å². The van der Waals surface area contributed by atoms with Gasteiger partial charge in [0.2, 0.25) is 17.7 Å². The fraction of sp³-hybridized carbons (Fsp3) is 0.360. The number of anilines is 2. The third-order valence-corrected chi connectivity index (χ3v) is 5.83. The third kappa shape index (κ3) is 6.20. The van der Waals surface area contributed by atoms with Gasteiger partial charge >= 0.3 is 0 Å². The molecule has 0 spiro atoms. The van der Waals surface area contributed by atoms with Gasteiger partial charge in [0.15, 0.2) is 0 Å². The lowest BCUT2D eigenvalue weighted by atomic mass is 9.99. The monoisotopic (exact) mass is 465 g/mol. The molecule has 2 aromatic rings. The Bertz CT molecular complexity index is 1100. The number of nitrogens with one attached hydrogen (secondary N) is 3. The summed E-state index contributed by atoms with van der Waals surface area (Å²) in [7, 11) is 1.57. The predicted molar refractivity (Wildman–Crippen MR) is 131 cm³/mol. The van der Waals surface area contributed by atoms with Crippen molar-refractivity contribution in [2.45, 2.75) is 26.8 Å². The summed E-state index contributed by atoms with van der Waals surface area (Å²) >= 11 is 0. The third-order valence-electron chi connectivity index (χ3n) is 5.83. The molecule has 0 saturated carbocycles. The van der Waals surface area contributed by atoms with Gasteiger partial charge in [-0.2, -0.15) is 0 Å². The molecule has 3 N–H and O–H groups in total. The first-order valence-electron chi connectivity index (χ1n) is 11.2. The summed E-state index contributed by atoms with van der Waals surface area (Å²) in [5.41, 5.74) is 3.51. The van der Waals surface area contributed by atoms with E-state index in [1.54, 1.807) is 42.3 Å². The molecule has 1 aliphatic rings. The summed E-state index contributed by atoms with van der Waals surface area (Å²) in [4.78, 5) is 52.3. The summed E-state index contributed by atoms with van der Waals surface area (Å²) in [5.74, 6) is -0.613. The van der Waals surface area contributed by atoms with Crippen molar-refractivity contribution in [1.29, 1.82) is 0 Å². The second-order valence-corrected chi connectivity index (χ2v) is 8.43. The summed E-state index contributed by atoms with van der Waals surface area (Å²) in [5, 5.41) is 8.26. The van der Waals surface area contributed by atoms with Gasteiger partial charge in [-0.05, 0) is 42.3 Å². The molecule has 9 nitrogen and oxygen atoms in total. The van der Waals surface area contributed by atoms with Gasteiger partial charge in [0.05, 0.1) is 12.6 Å². The van der Waals surface area contributed by atoms with Gasteiger partial charge in [-0.3, -0.25) is 24.1 Å². The van der Waals surface area contributed by atoms with Crippen LogP contribution in [0.3, 0.4) is 0 Å². The van der Waals surface area contributed by atoms with Crippen molar-refractivity contribution in [3.05, 3.63) is 59.2 Å². The highest BCUT2D eigenvalue weighted by Gasteiger charge is 2.31. The zero-order chi connectivity index (χ0) is 24.8. The minimum Gasteiger partial charge on any atom is -0.355 e. The van der Waals surface area contributed by atoms with Gasteiger partial charge in [-0.25, -0.2) is 0 Å². The van der Waals surface area contributed by atoms with E-state index in [1.165, 1.54) is 13.8 Å². The van der Waals surface area contributed by atoms with Crippen molar-refractivity contribution in [1.82, 2.24) is 15.1 Å². The van der Waals surface area contributed by atoms with Crippen LogP contribution in [0.1, 0.15) is 41.4 Å². The summed E-state index contributed by atoms with van der Waals surface area (Å²) in [6.07, 6.45) is 0. The van der Waals surface area contributed by atoms with Crippen molar-refractivity contribution < 1.29 is 19.2 Å². The van der Waals surface area contributed by atoms with Gasteiger partial charge < -0.3 is 20.9 Å². The van der Waals surface area contributed by atoms with E-state index in [0.29, 0.717) is 36.6 Å². The second kappa shape index (κ2) is 10.9. The van der Waals surface area contributed by atoms with Gasteiger partial charge in [0.25, 0.3) is 5.91 Å². The number of amides is 4. The second-order valence-electron chi connectivity index (χ2n) is 8.43. The number of benzene rings is 2. The molecule has 0 radical (unpaired) electrons. The first-order chi connectivity index (χ1) is 16.2. The Morgan fingerprint density at radius 1 is 1.00 bits per heavy atom. The Hall–Kier alpha value is -3.72. The maximum atomic E-state index is 12.8. The van der Waals surface area contributed by atoms with Crippen LogP contribution < -0.4 is 16.0 Å². The van der Waals surface area contributed by atoms with E-state index in [1.807, 2.05) is 24.0 Å². The van der Waals surface area contributed by atoms with E-state index < -0.39 is 0 Å². The molecule has 9 heteroatoms. The van der Waals surface area contributed by atoms with Gasteiger partial charge in [-0.15, -0.1) is 0 Å². The molecule has 1 atom stereocenters. The fourth-order valence-electron chi connectivity index (χ4n) is 4.10. The van der Waals surface area contributed by atoms with E-state index in [-0.39, 0.29) is 36.2 Å². The van der Waals surface area contributed by atoms with Crippen LogP contribution in [-0.4, -0.2) is 66.7 Å². The first kappa shape index (κ1) is 24.9. The highest BCUT2D eigenvalue weighted by atomic mass is 16.2. The van der Waals surface area contributed by atoms with Crippen LogP contribution >= 0.6 is 0 Å². The van der Waals surface area contributed by atoms with E-state index in [4.69, 9.17) is 0 Å². The Kier molecular flexibility index (Phi) is 8.01. The number of rotatable bonds is 6. The molecule has 1 fully saturated rings. The molecule has 1 aliphatic heterocycles. The van der Waals surface area contributed by atoms with E-state index in [2.05, 4.69) is 16.0 Å². The van der Waals surface area contributed by atoms with Crippen molar-refractivity contribution in [3.8, 4) is 0 Å². The Morgan fingerprint density at radius 3 is 2.44 bits per heavy atom. The molecule has 2 aromatic carbocycles. The zero-order valence-corrected chi connectivity index (χ0v) is 20.0. The Balaban J connectivity index is 1.71. The number of hydrogen-bond acceptors (Lipinski definition) is 5. The molecule has 1 heterocycles. The number of carbonyl (C=O) groups is 4. The molecular weight excluding hydrogens is 434 g/mol. The highest BCUT2D eigenvalue weighted by Crippen LogP contribution is 2.27. The molecule has 4 amide bonds. The minimum absolute atomic E-state index is 0.0513. The van der Waals surface area contributed by atoms with E-state index in [9.17, 15) is 19.2 Å². The minimum atomic E-state index is -0.269. The molecule has 0 bridgehead atoms. The van der Waals surface area contributed by atoms with Crippen LogP contribution in [0, 0.1) is 6.92 Å². The van der Waals surface area contributed by atoms with E-state index >= 15 is 0 Å². The van der Waals surface area contributed by atoms with Crippen molar-refractivity contribution in [2.75, 3.05) is 43.9 Å². The van der Waals surface area contributed by atoms with Crippen LogP contribution in [0.15, 0.2) is 42.5 Å². The number of piperazine rings is 1. The molecule has 3 rings (SSSR count). The summed E-state index contributed by atoms with van der Waals surface area (Å²) in [6, 6.07) is 12.3. The average Bonchev–Trinajstić information content (AvgIpc) is 2.80. The van der Waals surface area contributed by atoms with Crippen molar-refractivity contribution in [3.63, 3.8) is 0 Å². The van der Waals surface area contributed by atoms with Crippen LogP contribution in [-0.2, 0) is 14.4 Å². The molecule has 180 valence electrons. The topological polar surface area (TPSA) is 111 Å². The molecule has 0 aliphatic carbocycles. The smallest absolute Gasteiger partial charge is 0.251 e. The predicted octanol–water partition coefficient (Wildman–Crippen LogP) is 2.16. The van der Waals surface area contributed by atoms with E-state index in [0.717, 1.165) is 11.1 Å². The first-order valence-corrected chi connectivity index (χ1v) is 11.2. The molecule has 0 unspecified atom stereocenters. The number of aryl methyl sites for hydroxylation is 1. The highest BCUT2D eigenvalue weighted by molar-refractivity contribution is 5.95. The Morgan fingerprint density at radius 2 is 1.76 bits per heavy atom. The maximum Gasteiger partial charge on any atom is 0.251 e. The average molecular weight is 466 g/mol. The lowest BCUT2D eigenvalue weighted by molar-refractivity contribution is -0.134. The van der Waals surface area contributed by atoms with Gasteiger partial charge in [-0.1, -0.05) is 18.2 Å². The Labute approximate surface area is 199 Å². The number of nitrogens with zero attached hydrogens (tertiary/aromatic N) is 2. The maximum absolute atomic E-state index is 12.8. The van der Waals surface area contributed by atoms with Gasteiger partial charge in [0.1, 0.15) is 0 Å². The van der Waals surface area contributed by atoms with Crippen molar-refractivity contribution >= 4 is 35.0 Å². The van der Waals surface area contributed by atoms with Crippen LogP contribution in [0.2, 0.25) is 0 Å². The fourth-order valence-corrected chi connectivity index (χ4v) is 4.10. The standard InChI is InChI=1S/C25H31N5O4/c1-16-8-9-21(13-22(16)27-17(2)31)28-24(33)15-29-10-11-30(18(3)32)23(14-29)19-6-5-7-20(12-19)25(34)26-4/h5-9,12-13,23H,10-11,14-15H2,1-4H3,(H,26,34)(H,27,31)(H,28,33)/t23-/m0/s1. The lowest BCUT2D eigenvalue weighted by Crippen LogP contribution is -2.51. The van der Waals surface area contributed by atoms with Crippen LogP contribution in [0.5, 0.6) is 0 Å². The largest absolute Gasteiger partial charge is 0.355 e. The normalized spacial score (nSPS) is 16.0. The molecule has 34 heavy (non-hydrogen) atoms. The van der Waals surface area contributed by atoms with Crippen LogP contribution in [0.25, 0.3) is 0 Å². The molecular formula is C25H31N5O4. The van der Waals surface area contributed by atoms with Gasteiger partial charge in [0, 0.05) is 57.5 Å².